The van der Waals surface area contributed by atoms with E-state index in [9.17, 15) is 14.0 Å². The van der Waals surface area contributed by atoms with Gasteiger partial charge in [-0.05, 0) is 164 Å². The van der Waals surface area contributed by atoms with E-state index in [-0.39, 0.29) is 56.8 Å². The van der Waals surface area contributed by atoms with Crippen molar-refractivity contribution in [3.05, 3.63) is 165 Å². The summed E-state index contributed by atoms with van der Waals surface area (Å²) in [6, 6.07) is 37.3. The lowest BCUT2D eigenvalue weighted by atomic mass is 9.74. The van der Waals surface area contributed by atoms with Crippen LogP contribution in [0.4, 0.5) is 4.39 Å². The number of pyridine rings is 1. The third-order valence-corrected chi connectivity index (χ3v) is 15.6. The first-order valence-electron chi connectivity index (χ1n) is 23.4. The molecule has 6 aromatic rings. The molecule has 2 aliphatic carbocycles. The Morgan fingerprint density at radius 1 is 0.791 bits per heavy atom. The predicted octanol–water partition coefficient (Wildman–Crippen LogP) is 12.2. The van der Waals surface area contributed by atoms with Crippen LogP contribution in [0.2, 0.25) is 10.0 Å². The van der Waals surface area contributed by atoms with Gasteiger partial charge in [0.15, 0.2) is 0 Å². The molecule has 2 aromatic heterocycles. The van der Waals surface area contributed by atoms with E-state index in [0.29, 0.717) is 16.3 Å². The number of amides is 2. The number of benzene rings is 4. The number of aryl methyl sites for hydroxylation is 1. The highest BCUT2D eigenvalue weighted by molar-refractivity contribution is 7.99. The van der Waals surface area contributed by atoms with Gasteiger partial charge >= 0.3 is 0 Å². The van der Waals surface area contributed by atoms with Crippen molar-refractivity contribution in [2.75, 3.05) is 27.2 Å². The maximum atomic E-state index is 14.5. The molecule has 3 heterocycles. The van der Waals surface area contributed by atoms with E-state index in [0.717, 1.165) is 67.7 Å². The largest absolute Gasteiger partial charge is 0.360 e. The van der Waals surface area contributed by atoms with Crippen molar-refractivity contribution in [1.29, 1.82) is 0 Å². The standard InChI is InChI=1S/C29H32ClN3OS.C25H27ClFN3O2/c30-23-10-12-25(13-11-23)35-28-26(9-6-18-31-28)27(34)32-24-14-16-29(17-15-24,33-19-4-5-20-33)21-22-7-2-1-3-8-22;1-16-21(23(29-32-16)22-19(26)10-7-11-20(22)27)24(31)28-18-12-14-25(15-13-18,30(2)3)17-8-5-4-6-9-17/h1-3,6-13,18,24H,4-5,14-17,19-21H2,(H,32,34);4-11,18H,12-15H2,1-3H3,(H,28,31). The highest BCUT2D eigenvalue weighted by atomic mass is 35.5. The average Bonchev–Trinajstić information content (AvgIpc) is 4.03. The van der Waals surface area contributed by atoms with E-state index >= 15 is 0 Å². The quantitative estimate of drug-likeness (QED) is 0.125. The molecule has 0 spiro atoms. The molecule has 0 unspecified atom stereocenters. The number of rotatable bonds is 12. The summed E-state index contributed by atoms with van der Waals surface area (Å²) in [6.07, 6.45) is 13.2. The number of nitrogens with zero attached hydrogens (tertiary/aromatic N) is 4. The molecule has 0 radical (unpaired) electrons. The summed E-state index contributed by atoms with van der Waals surface area (Å²) in [5.41, 5.74) is 3.94. The zero-order valence-corrected chi connectivity index (χ0v) is 40.8. The Morgan fingerprint density at radius 3 is 2.06 bits per heavy atom. The summed E-state index contributed by atoms with van der Waals surface area (Å²) < 4.78 is 19.7. The Balaban J connectivity index is 0.000000182. The first-order chi connectivity index (χ1) is 32.4. The first kappa shape index (κ1) is 48.4. The third-order valence-electron chi connectivity index (χ3n) is 14.1. The van der Waals surface area contributed by atoms with Gasteiger partial charge in [-0.25, -0.2) is 9.37 Å². The van der Waals surface area contributed by atoms with Crippen LogP contribution in [0.25, 0.3) is 11.3 Å². The lowest BCUT2D eigenvalue weighted by Gasteiger charge is -2.47. The van der Waals surface area contributed by atoms with Crippen LogP contribution >= 0.6 is 35.0 Å². The number of nitrogens with one attached hydrogen (secondary N) is 2. The van der Waals surface area contributed by atoms with Crippen molar-refractivity contribution in [3.8, 4) is 11.3 Å². The van der Waals surface area contributed by atoms with Crippen LogP contribution in [0.3, 0.4) is 0 Å². The molecule has 1 saturated heterocycles. The molecule has 0 atom stereocenters. The zero-order valence-electron chi connectivity index (χ0n) is 38.4. The van der Waals surface area contributed by atoms with Gasteiger partial charge in [0.25, 0.3) is 11.8 Å². The van der Waals surface area contributed by atoms with Crippen molar-refractivity contribution >= 4 is 46.8 Å². The fourth-order valence-electron chi connectivity index (χ4n) is 10.4. The van der Waals surface area contributed by atoms with E-state index in [1.807, 2.05) is 42.5 Å². The summed E-state index contributed by atoms with van der Waals surface area (Å²) in [4.78, 5) is 37.0. The van der Waals surface area contributed by atoms with Gasteiger partial charge in [-0.15, -0.1) is 0 Å². The van der Waals surface area contributed by atoms with E-state index in [2.05, 4.69) is 99.3 Å². The molecule has 3 aliphatic rings. The van der Waals surface area contributed by atoms with Gasteiger partial charge in [-0.3, -0.25) is 19.4 Å². The number of aromatic nitrogens is 2. The van der Waals surface area contributed by atoms with Gasteiger partial charge in [0.2, 0.25) is 0 Å². The summed E-state index contributed by atoms with van der Waals surface area (Å²) in [6.45, 7) is 4.04. The Hall–Kier alpha value is -5.04. The van der Waals surface area contributed by atoms with Crippen LogP contribution < -0.4 is 10.6 Å². The molecule has 2 N–H and O–H groups in total. The van der Waals surface area contributed by atoms with Crippen molar-refractivity contribution < 1.29 is 18.5 Å². The predicted molar refractivity (Wildman–Crippen MR) is 266 cm³/mol. The Morgan fingerprint density at radius 2 is 1.42 bits per heavy atom. The van der Waals surface area contributed by atoms with Crippen molar-refractivity contribution in [1.82, 2.24) is 30.6 Å². The van der Waals surface area contributed by atoms with E-state index in [4.69, 9.17) is 27.7 Å². The van der Waals surface area contributed by atoms with E-state index in [1.165, 1.54) is 61.0 Å². The van der Waals surface area contributed by atoms with Gasteiger partial charge in [0.1, 0.15) is 27.9 Å². The number of hydrogen-bond donors (Lipinski definition) is 2. The second-order valence-corrected chi connectivity index (χ2v) is 20.2. The number of carbonyl (C=O) groups is 2. The highest BCUT2D eigenvalue weighted by Gasteiger charge is 2.42. The minimum Gasteiger partial charge on any atom is -0.360 e. The van der Waals surface area contributed by atoms with E-state index < -0.39 is 5.82 Å². The second-order valence-electron chi connectivity index (χ2n) is 18.3. The van der Waals surface area contributed by atoms with E-state index in [1.54, 1.807) is 19.2 Å². The lowest BCUT2D eigenvalue weighted by Crippen LogP contribution is -2.54. The second kappa shape index (κ2) is 21.9. The van der Waals surface area contributed by atoms with Gasteiger partial charge in [0.05, 0.1) is 16.1 Å². The topological polar surface area (TPSA) is 104 Å². The Labute approximate surface area is 408 Å². The fourth-order valence-corrected chi connectivity index (χ4v) is 11.6. The maximum Gasteiger partial charge on any atom is 0.257 e. The molecule has 2 amide bonds. The van der Waals surface area contributed by atoms with Crippen molar-refractivity contribution in [2.45, 2.75) is 111 Å². The normalized spacial score (nSPS) is 21.9. The molecule has 2 saturated carbocycles. The van der Waals surface area contributed by atoms with Crippen LogP contribution in [-0.4, -0.2) is 76.6 Å². The SMILES string of the molecule is Cc1onc(-c2c(F)cccc2Cl)c1C(=O)NC1CCC(c2ccccc2)(N(C)C)CC1.O=C(NC1CCC(Cc2ccccc2)(N2CCCC2)CC1)c1cccnc1Sc1ccc(Cl)cc1. The Bertz CT molecular complexity index is 2570. The monoisotopic (exact) mass is 960 g/mol. The molecule has 9 rings (SSSR count). The molecule has 13 heteroatoms. The highest BCUT2D eigenvalue weighted by Crippen LogP contribution is 2.42. The first-order valence-corrected chi connectivity index (χ1v) is 24.9. The molecular weight excluding hydrogens is 903 g/mol. The summed E-state index contributed by atoms with van der Waals surface area (Å²) in [5.74, 6) is -0.563. The van der Waals surface area contributed by atoms with Crippen LogP contribution in [0.5, 0.6) is 0 Å². The number of halogens is 3. The molecule has 350 valence electrons. The minimum atomic E-state index is -0.545. The number of hydrogen-bond acceptors (Lipinski definition) is 8. The number of likely N-dealkylation sites (tertiary alicyclic amines) is 1. The zero-order chi connectivity index (χ0) is 47.0. The summed E-state index contributed by atoms with van der Waals surface area (Å²) in [5, 5.41) is 12.0. The molecule has 67 heavy (non-hydrogen) atoms. The summed E-state index contributed by atoms with van der Waals surface area (Å²) >= 11 is 13.7. The van der Waals surface area contributed by atoms with Crippen LogP contribution in [-0.2, 0) is 12.0 Å². The molecule has 1 aliphatic heterocycles. The smallest absolute Gasteiger partial charge is 0.257 e. The van der Waals surface area contributed by atoms with Crippen LogP contribution in [0.15, 0.2) is 136 Å². The Kier molecular flexibility index (Phi) is 15.9. The van der Waals surface area contributed by atoms with Gasteiger partial charge in [0, 0.05) is 39.3 Å². The average molecular weight is 962 g/mol. The summed E-state index contributed by atoms with van der Waals surface area (Å²) in [7, 11) is 4.22. The van der Waals surface area contributed by atoms with Gasteiger partial charge in [-0.2, -0.15) is 0 Å². The minimum absolute atomic E-state index is 0.0116. The molecular formula is C54H59Cl2FN6O3S. The van der Waals surface area contributed by atoms with Crippen LogP contribution in [0.1, 0.15) is 102 Å². The van der Waals surface area contributed by atoms with Gasteiger partial charge in [-0.1, -0.05) is 107 Å². The maximum absolute atomic E-state index is 14.5. The molecule has 3 fully saturated rings. The molecule has 4 aromatic carbocycles. The van der Waals surface area contributed by atoms with Crippen molar-refractivity contribution in [3.63, 3.8) is 0 Å². The number of carbonyl (C=O) groups excluding carboxylic acids is 2. The lowest BCUT2D eigenvalue weighted by molar-refractivity contribution is 0.0593. The fraction of sp³-hybridized carbons (Fsp3) is 0.370. The van der Waals surface area contributed by atoms with Crippen LogP contribution in [0, 0.1) is 12.7 Å². The molecule has 9 nitrogen and oxygen atoms in total. The molecule has 0 bridgehead atoms. The van der Waals surface area contributed by atoms with Gasteiger partial charge < -0.3 is 15.2 Å². The van der Waals surface area contributed by atoms with Crippen molar-refractivity contribution in [2.24, 2.45) is 0 Å². The third kappa shape index (κ3) is 11.3.